The standard InChI is InChI=1S/C10H16O6.C8H14O5.C4H4O4.C4H6O2.C2H4O2.4CH4.3Zn/c1-5(16-7(3)11)4-8(10(14)15)6(2)9(12)13;1-4(9)3-6(8(12)13)5(2)7(10)11;5-3(6)1-2-4(7)8;1-3-6-4(2)5;1-2(3)4;;;;;;;/h5-6,8H,4H2,1-3H3,(H,12,13)(H,14,15);4-6,9H,3H2,1-2H3,(H,10,11)(H,12,13);1-2H,(H,5,6)(H,7,8);3H,1H2,2H3;1H3,(H,3,4);4*1H4;;;. The van der Waals surface area contributed by atoms with Gasteiger partial charge in [0.2, 0.25) is 0 Å². The minimum Gasteiger partial charge on any atom is -0.481 e. The molecule has 0 aromatic carbocycles. The molecule has 0 fully saturated rings. The molecule has 19 nitrogen and oxygen atoms in total. The molecule has 0 aliphatic carbocycles. The molecular weight excluding hydrogens is 885 g/mol. The van der Waals surface area contributed by atoms with Gasteiger partial charge in [-0.2, -0.15) is 0 Å². The molecule has 0 aliphatic heterocycles. The number of aliphatic hydroxyl groups excluding tert-OH is 1. The molecule has 22 heteroatoms. The van der Waals surface area contributed by atoms with Crippen LogP contribution in [-0.2, 0) is 111 Å². The van der Waals surface area contributed by atoms with E-state index < -0.39 is 83.6 Å². The number of hydrogen-bond acceptors (Lipinski definition) is 12. The molecule has 0 saturated carbocycles. The Kier molecular flexibility index (Phi) is 76.6. The first kappa shape index (κ1) is 83.5. The van der Waals surface area contributed by atoms with Gasteiger partial charge in [-0.25, -0.2) is 9.59 Å². The first-order chi connectivity index (χ1) is 21.2. The van der Waals surface area contributed by atoms with E-state index >= 15 is 0 Å². The average molecular weight is 945 g/mol. The van der Waals surface area contributed by atoms with Gasteiger partial charge >= 0.3 is 47.8 Å². The normalized spacial score (nSPS) is 11.6. The van der Waals surface area contributed by atoms with Crippen molar-refractivity contribution in [1.82, 2.24) is 0 Å². The first-order valence-electron chi connectivity index (χ1n) is 13.1. The Labute approximate surface area is 355 Å². The summed E-state index contributed by atoms with van der Waals surface area (Å²) >= 11 is 0. The van der Waals surface area contributed by atoms with E-state index in [2.05, 4.69) is 11.3 Å². The van der Waals surface area contributed by atoms with Gasteiger partial charge in [-0.3, -0.25) is 33.6 Å². The average Bonchev–Trinajstić information content (AvgIpc) is 2.88. The quantitative estimate of drug-likeness (QED) is 0.0529. The van der Waals surface area contributed by atoms with Gasteiger partial charge in [0.1, 0.15) is 0 Å². The Bertz CT molecular complexity index is 1080. The minimum atomic E-state index is -1.26. The topological polar surface area (TPSA) is 334 Å². The number of carboxylic acids is 7. The van der Waals surface area contributed by atoms with Crippen LogP contribution in [0.3, 0.4) is 0 Å². The SMILES string of the molecule is C.C.C.C.C=COC(C)=O.CC(=O)O.CC(=O)OC(C)CC(C(=O)O)C(C)C(=O)O.CC(O)CC(C(=O)O)C(C)C(=O)O.O=C(O)C=CC(=O)O.[Zn].[Zn].[Zn]. The zero-order valence-corrected chi connectivity index (χ0v) is 37.9. The van der Waals surface area contributed by atoms with Crippen LogP contribution in [0.2, 0.25) is 0 Å². The molecule has 0 saturated heterocycles. The third-order valence-electron chi connectivity index (χ3n) is 4.79. The Balaban J connectivity index is -0.0000000422. The van der Waals surface area contributed by atoms with Crippen LogP contribution >= 0.6 is 0 Å². The molecule has 6 unspecified atom stereocenters. The molecule has 0 aromatic heterocycles. The van der Waals surface area contributed by atoms with Crippen molar-refractivity contribution in [2.24, 2.45) is 23.7 Å². The zero-order valence-electron chi connectivity index (χ0n) is 29.0. The number of rotatable bonds is 14. The van der Waals surface area contributed by atoms with Crippen molar-refractivity contribution in [2.45, 2.75) is 103 Å². The van der Waals surface area contributed by atoms with Crippen LogP contribution in [0, 0.1) is 23.7 Å². The number of ether oxygens (including phenoxy) is 2. The van der Waals surface area contributed by atoms with Gasteiger partial charge in [0, 0.05) is 91.4 Å². The van der Waals surface area contributed by atoms with Crippen molar-refractivity contribution in [3.63, 3.8) is 0 Å². The number of carboxylic acid groups (broad SMARTS) is 7. The van der Waals surface area contributed by atoms with E-state index in [0.29, 0.717) is 12.2 Å². The molecule has 0 heterocycles. The number of esters is 2. The molecule has 308 valence electrons. The molecule has 0 amide bonds. The molecule has 0 radical (unpaired) electrons. The number of aliphatic carboxylic acids is 7. The summed E-state index contributed by atoms with van der Waals surface area (Å²) in [6.07, 6.45) is 0.751. The van der Waals surface area contributed by atoms with E-state index in [-0.39, 0.29) is 107 Å². The van der Waals surface area contributed by atoms with Crippen LogP contribution in [0.5, 0.6) is 0 Å². The molecule has 0 spiro atoms. The second-order valence-corrected chi connectivity index (χ2v) is 9.19. The third kappa shape index (κ3) is 66.8. The maximum absolute atomic E-state index is 10.9. The predicted octanol–water partition coefficient (Wildman–Crippen LogP) is 3.96. The molecule has 6 atom stereocenters. The van der Waals surface area contributed by atoms with Gasteiger partial charge in [0.15, 0.2) is 0 Å². The summed E-state index contributed by atoms with van der Waals surface area (Å²) in [5, 5.41) is 66.8. The smallest absolute Gasteiger partial charge is 0.328 e. The molecule has 8 N–H and O–H groups in total. The van der Waals surface area contributed by atoms with Crippen molar-refractivity contribution in [3.05, 3.63) is 25.0 Å². The largest absolute Gasteiger partial charge is 0.481 e. The second-order valence-electron chi connectivity index (χ2n) is 9.19. The molecular formula is C32H60O19Zn3. The fraction of sp³-hybridized carbons (Fsp3) is 0.594. The van der Waals surface area contributed by atoms with E-state index in [1.54, 1.807) is 0 Å². The minimum absolute atomic E-state index is 0. The summed E-state index contributed by atoms with van der Waals surface area (Å²) in [4.78, 5) is 91.1. The van der Waals surface area contributed by atoms with Gasteiger partial charge in [-0.1, -0.05) is 50.1 Å². The Hall–Kier alpha value is -3.46. The molecule has 0 aromatic rings. The van der Waals surface area contributed by atoms with E-state index in [1.807, 2.05) is 0 Å². The van der Waals surface area contributed by atoms with E-state index in [0.717, 1.165) is 13.2 Å². The maximum atomic E-state index is 10.9. The van der Waals surface area contributed by atoms with Gasteiger partial charge in [0.05, 0.1) is 42.1 Å². The van der Waals surface area contributed by atoms with Gasteiger partial charge < -0.3 is 50.3 Å². The van der Waals surface area contributed by atoms with Crippen LogP contribution in [0.1, 0.15) is 91.0 Å². The van der Waals surface area contributed by atoms with Crippen LogP contribution in [-0.4, -0.2) is 107 Å². The van der Waals surface area contributed by atoms with Gasteiger partial charge in [0.25, 0.3) is 5.97 Å². The number of carbonyl (C=O) groups is 9. The van der Waals surface area contributed by atoms with Crippen molar-refractivity contribution < 1.29 is 152 Å². The van der Waals surface area contributed by atoms with Crippen LogP contribution in [0.25, 0.3) is 0 Å². The number of hydrogen-bond donors (Lipinski definition) is 8. The van der Waals surface area contributed by atoms with Crippen molar-refractivity contribution >= 4 is 53.7 Å². The Morgan fingerprint density at radius 3 is 0.981 bits per heavy atom. The third-order valence-corrected chi connectivity index (χ3v) is 4.79. The van der Waals surface area contributed by atoms with E-state index in [4.69, 9.17) is 50.4 Å². The molecule has 54 heavy (non-hydrogen) atoms. The van der Waals surface area contributed by atoms with Crippen molar-refractivity contribution in [3.8, 4) is 0 Å². The monoisotopic (exact) mass is 940 g/mol. The summed E-state index contributed by atoms with van der Waals surface area (Å²) in [6.45, 7) is 12.4. The maximum Gasteiger partial charge on any atom is 0.328 e. The first-order valence-corrected chi connectivity index (χ1v) is 13.1. The van der Waals surface area contributed by atoms with Gasteiger partial charge in [-0.15, -0.1) is 0 Å². The Morgan fingerprint density at radius 2 is 0.833 bits per heavy atom. The van der Waals surface area contributed by atoms with Crippen molar-refractivity contribution in [1.29, 1.82) is 0 Å². The summed E-state index contributed by atoms with van der Waals surface area (Å²) in [5.41, 5.74) is 0. The summed E-state index contributed by atoms with van der Waals surface area (Å²) in [7, 11) is 0. The van der Waals surface area contributed by atoms with Crippen LogP contribution in [0.4, 0.5) is 0 Å². The molecule has 0 bridgehead atoms. The summed E-state index contributed by atoms with van der Waals surface area (Å²) in [6, 6.07) is 0. The van der Waals surface area contributed by atoms with Crippen LogP contribution < -0.4 is 0 Å². The van der Waals surface area contributed by atoms with Crippen molar-refractivity contribution in [2.75, 3.05) is 0 Å². The summed E-state index contributed by atoms with van der Waals surface area (Å²) in [5.74, 6) is -13.0. The molecule has 0 rings (SSSR count). The Morgan fingerprint density at radius 1 is 0.556 bits per heavy atom. The fourth-order valence-electron chi connectivity index (χ4n) is 2.70. The van der Waals surface area contributed by atoms with Gasteiger partial charge in [-0.05, 0) is 26.7 Å². The number of aliphatic hydroxyl groups is 1. The zero-order chi connectivity index (χ0) is 38.6. The van der Waals surface area contributed by atoms with E-state index in [9.17, 15) is 38.4 Å². The second kappa shape index (κ2) is 49.5. The predicted molar refractivity (Wildman–Crippen MR) is 185 cm³/mol. The fourth-order valence-corrected chi connectivity index (χ4v) is 2.70. The number of carbonyl (C=O) groups excluding carboxylic acids is 2. The molecule has 0 aliphatic rings. The van der Waals surface area contributed by atoms with E-state index in [1.165, 1.54) is 41.5 Å². The van der Waals surface area contributed by atoms with Crippen LogP contribution in [0.15, 0.2) is 25.0 Å². The summed E-state index contributed by atoms with van der Waals surface area (Å²) < 4.78 is 8.93.